The zero-order valence-electron chi connectivity index (χ0n) is 15.2. The molecule has 1 atom stereocenters. The predicted molar refractivity (Wildman–Crippen MR) is 103 cm³/mol. The molecule has 0 saturated carbocycles. The van der Waals surface area contributed by atoms with Crippen LogP contribution in [0.4, 0.5) is 0 Å². The second-order valence-corrected chi connectivity index (χ2v) is 6.72. The largest absolute Gasteiger partial charge is 0.449 e. The molecular weight excluding hydrogens is 326 g/mol. The fourth-order valence-corrected chi connectivity index (χ4v) is 3.30. The molecule has 26 heavy (non-hydrogen) atoms. The third-order valence-corrected chi connectivity index (χ3v) is 4.79. The lowest BCUT2D eigenvalue weighted by atomic mass is 9.97. The molecule has 1 aliphatic carbocycles. The predicted octanol–water partition coefficient (Wildman–Crippen LogP) is 4.39. The average molecular weight is 351 g/mol. The summed E-state index contributed by atoms with van der Waals surface area (Å²) in [4.78, 5) is 24.7. The lowest BCUT2D eigenvalue weighted by Gasteiger charge is -2.16. The summed E-state index contributed by atoms with van der Waals surface area (Å²) in [6.07, 6.45) is 7.09. The van der Waals surface area contributed by atoms with Gasteiger partial charge in [0, 0.05) is 6.54 Å². The van der Waals surface area contributed by atoms with E-state index < -0.39 is 12.1 Å². The monoisotopic (exact) mass is 351 g/mol. The van der Waals surface area contributed by atoms with Gasteiger partial charge in [-0.25, -0.2) is 4.79 Å². The maximum atomic E-state index is 12.5. The number of hydrogen-bond acceptors (Lipinski definition) is 3. The van der Waals surface area contributed by atoms with E-state index in [2.05, 4.69) is 11.4 Å². The van der Waals surface area contributed by atoms with E-state index in [1.807, 2.05) is 36.4 Å². The Morgan fingerprint density at radius 1 is 1.12 bits per heavy atom. The van der Waals surface area contributed by atoms with Crippen molar-refractivity contribution in [2.75, 3.05) is 6.54 Å². The number of benzene rings is 2. The first-order chi connectivity index (χ1) is 12.6. The lowest BCUT2D eigenvalue weighted by Crippen LogP contribution is -2.36. The maximum Gasteiger partial charge on any atom is 0.339 e. The standard InChI is InChI=1S/C22H25NO3/c1-16(21(24)23-15-14-17-8-3-2-4-9-17)26-22(25)20-13-7-11-18-10-5-6-12-19(18)20/h5-8,10-13,16H,2-4,9,14-15H2,1H3,(H,23,24). The minimum atomic E-state index is -0.818. The SMILES string of the molecule is CC(OC(=O)c1cccc2ccccc12)C(=O)NCCC1=CCCCC1. The molecule has 0 aromatic heterocycles. The average Bonchev–Trinajstić information content (AvgIpc) is 2.68. The van der Waals surface area contributed by atoms with Crippen LogP contribution in [0.2, 0.25) is 0 Å². The highest BCUT2D eigenvalue weighted by atomic mass is 16.5. The Hall–Kier alpha value is -2.62. The number of fused-ring (bicyclic) bond motifs is 1. The summed E-state index contributed by atoms with van der Waals surface area (Å²) in [5, 5.41) is 4.67. The van der Waals surface area contributed by atoms with Crippen LogP contribution < -0.4 is 5.32 Å². The molecule has 2 aromatic rings. The van der Waals surface area contributed by atoms with Crippen LogP contribution in [0.15, 0.2) is 54.1 Å². The Morgan fingerprint density at radius 3 is 2.73 bits per heavy atom. The van der Waals surface area contributed by atoms with Gasteiger partial charge in [-0.05, 0) is 55.9 Å². The van der Waals surface area contributed by atoms with E-state index in [9.17, 15) is 9.59 Å². The summed E-state index contributed by atoms with van der Waals surface area (Å²) in [5.74, 6) is -0.727. The van der Waals surface area contributed by atoms with Crippen LogP contribution in [0.1, 0.15) is 49.4 Å². The van der Waals surface area contributed by atoms with Crippen molar-refractivity contribution in [2.24, 2.45) is 0 Å². The van der Waals surface area contributed by atoms with E-state index in [1.165, 1.54) is 18.4 Å². The molecule has 1 amide bonds. The zero-order valence-corrected chi connectivity index (χ0v) is 15.2. The first kappa shape index (κ1) is 18.2. The van der Waals surface area contributed by atoms with Crippen LogP contribution in [0, 0.1) is 0 Å². The van der Waals surface area contributed by atoms with Crippen molar-refractivity contribution in [2.45, 2.75) is 45.1 Å². The molecule has 0 saturated heterocycles. The van der Waals surface area contributed by atoms with Crippen molar-refractivity contribution in [1.29, 1.82) is 0 Å². The highest BCUT2D eigenvalue weighted by Gasteiger charge is 2.20. The molecule has 0 fully saturated rings. The van der Waals surface area contributed by atoms with E-state index in [1.54, 1.807) is 13.0 Å². The van der Waals surface area contributed by atoms with Gasteiger partial charge in [-0.3, -0.25) is 4.79 Å². The maximum absolute atomic E-state index is 12.5. The minimum Gasteiger partial charge on any atom is -0.449 e. The smallest absolute Gasteiger partial charge is 0.339 e. The quantitative estimate of drug-likeness (QED) is 0.620. The van der Waals surface area contributed by atoms with Gasteiger partial charge in [0.2, 0.25) is 0 Å². The first-order valence-corrected chi connectivity index (χ1v) is 9.29. The van der Waals surface area contributed by atoms with Crippen LogP contribution >= 0.6 is 0 Å². The molecule has 0 heterocycles. The van der Waals surface area contributed by atoms with Crippen molar-refractivity contribution in [3.8, 4) is 0 Å². The van der Waals surface area contributed by atoms with Crippen LogP contribution in [0.5, 0.6) is 0 Å². The van der Waals surface area contributed by atoms with E-state index in [0.29, 0.717) is 12.1 Å². The lowest BCUT2D eigenvalue weighted by molar-refractivity contribution is -0.129. The third-order valence-electron chi connectivity index (χ3n) is 4.79. The van der Waals surface area contributed by atoms with Crippen molar-refractivity contribution in [1.82, 2.24) is 5.32 Å². The van der Waals surface area contributed by atoms with Crippen molar-refractivity contribution < 1.29 is 14.3 Å². The van der Waals surface area contributed by atoms with Crippen LogP contribution in [-0.4, -0.2) is 24.5 Å². The van der Waals surface area contributed by atoms with E-state index in [0.717, 1.165) is 30.0 Å². The number of carbonyl (C=O) groups is 2. The Kier molecular flexibility index (Phi) is 6.05. The molecule has 136 valence electrons. The van der Waals surface area contributed by atoms with Crippen LogP contribution in [0.25, 0.3) is 10.8 Å². The molecule has 0 aliphatic heterocycles. The normalized spacial score (nSPS) is 15.2. The number of carbonyl (C=O) groups excluding carboxylic acids is 2. The molecule has 1 N–H and O–H groups in total. The fourth-order valence-electron chi connectivity index (χ4n) is 3.30. The summed E-state index contributed by atoms with van der Waals surface area (Å²) >= 11 is 0. The molecular formula is C22H25NO3. The Labute approximate surface area is 154 Å². The van der Waals surface area contributed by atoms with Gasteiger partial charge in [-0.2, -0.15) is 0 Å². The second-order valence-electron chi connectivity index (χ2n) is 6.72. The number of hydrogen-bond donors (Lipinski definition) is 1. The van der Waals surface area contributed by atoms with Gasteiger partial charge in [0.05, 0.1) is 5.56 Å². The molecule has 0 radical (unpaired) electrons. The van der Waals surface area contributed by atoms with E-state index in [4.69, 9.17) is 4.74 Å². The first-order valence-electron chi connectivity index (χ1n) is 9.29. The third kappa shape index (κ3) is 4.51. The summed E-state index contributed by atoms with van der Waals surface area (Å²) < 4.78 is 5.38. The summed E-state index contributed by atoms with van der Waals surface area (Å²) in [6.45, 7) is 2.19. The van der Waals surface area contributed by atoms with Gasteiger partial charge in [-0.1, -0.05) is 48.0 Å². The van der Waals surface area contributed by atoms with Crippen molar-refractivity contribution in [3.05, 3.63) is 59.7 Å². The summed E-state index contributed by atoms with van der Waals surface area (Å²) in [7, 11) is 0. The summed E-state index contributed by atoms with van der Waals surface area (Å²) in [6, 6.07) is 13.1. The molecule has 1 aliphatic rings. The van der Waals surface area contributed by atoms with Gasteiger partial charge in [0.1, 0.15) is 0 Å². The van der Waals surface area contributed by atoms with Gasteiger partial charge in [0.25, 0.3) is 5.91 Å². The Balaban J connectivity index is 1.54. The second kappa shape index (κ2) is 8.65. The minimum absolute atomic E-state index is 0.255. The molecule has 1 unspecified atom stereocenters. The van der Waals surface area contributed by atoms with E-state index >= 15 is 0 Å². The highest BCUT2D eigenvalue weighted by molar-refractivity contribution is 6.05. The van der Waals surface area contributed by atoms with Crippen molar-refractivity contribution in [3.63, 3.8) is 0 Å². The Bertz CT molecular complexity index is 820. The van der Waals surface area contributed by atoms with Gasteiger partial charge in [-0.15, -0.1) is 0 Å². The van der Waals surface area contributed by atoms with Crippen LogP contribution in [-0.2, 0) is 9.53 Å². The van der Waals surface area contributed by atoms with Crippen molar-refractivity contribution >= 4 is 22.6 Å². The van der Waals surface area contributed by atoms with Gasteiger partial charge < -0.3 is 10.1 Å². The molecule has 0 bridgehead atoms. The zero-order chi connectivity index (χ0) is 18.4. The number of amides is 1. The number of ether oxygens (including phenoxy) is 1. The fraction of sp³-hybridized carbons (Fsp3) is 0.364. The molecule has 3 rings (SSSR count). The summed E-state index contributed by atoms with van der Waals surface area (Å²) in [5.41, 5.74) is 1.90. The highest BCUT2D eigenvalue weighted by Crippen LogP contribution is 2.20. The molecule has 4 heteroatoms. The Morgan fingerprint density at radius 2 is 1.92 bits per heavy atom. The van der Waals surface area contributed by atoms with E-state index in [-0.39, 0.29) is 5.91 Å². The molecule has 0 spiro atoms. The topological polar surface area (TPSA) is 55.4 Å². The number of rotatable bonds is 6. The van der Waals surface area contributed by atoms with Gasteiger partial charge in [0.15, 0.2) is 6.10 Å². The number of esters is 1. The van der Waals surface area contributed by atoms with Crippen LogP contribution in [0.3, 0.4) is 0 Å². The molecule has 2 aromatic carbocycles. The molecule has 4 nitrogen and oxygen atoms in total. The van der Waals surface area contributed by atoms with Gasteiger partial charge >= 0.3 is 5.97 Å². The number of nitrogens with one attached hydrogen (secondary N) is 1. The number of allylic oxidation sites excluding steroid dienone is 1.